The molecular formula is C16H23ClN4O3S. The third kappa shape index (κ3) is 3.16. The van der Waals surface area contributed by atoms with Crippen LogP contribution in [-0.4, -0.2) is 48.0 Å². The van der Waals surface area contributed by atoms with E-state index in [0.29, 0.717) is 29.6 Å². The van der Waals surface area contributed by atoms with Crippen molar-refractivity contribution in [2.45, 2.75) is 62.0 Å². The minimum absolute atomic E-state index is 0. The van der Waals surface area contributed by atoms with Gasteiger partial charge in [-0.2, -0.15) is 4.31 Å². The molecule has 0 spiro atoms. The second kappa shape index (κ2) is 6.83. The first-order chi connectivity index (χ1) is 11.5. The summed E-state index contributed by atoms with van der Waals surface area (Å²) in [5, 5.41) is 8.17. The molecule has 0 aromatic carbocycles. The highest BCUT2D eigenvalue weighted by Gasteiger charge is 2.39. The molecule has 4 heterocycles. The summed E-state index contributed by atoms with van der Waals surface area (Å²) in [5.41, 5.74) is 1.12. The molecule has 0 saturated carbocycles. The normalized spacial score (nSPS) is 26.1. The number of rotatable bonds is 4. The van der Waals surface area contributed by atoms with E-state index in [9.17, 15) is 8.42 Å². The molecule has 2 aliphatic heterocycles. The number of pyridine rings is 1. The first-order valence-corrected chi connectivity index (χ1v) is 9.91. The molecule has 2 aromatic heterocycles. The predicted molar refractivity (Wildman–Crippen MR) is 96.3 cm³/mol. The zero-order valence-electron chi connectivity index (χ0n) is 14.3. The van der Waals surface area contributed by atoms with Crippen LogP contribution in [0.5, 0.6) is 0 Å². The highest BCUT2D eigenvalue weighted by molar-refractivity contribution is 7.89. The number of aromatic nitrogens is 2. The van der Waals surface area contributed by atoms with Crippen LogP contribution < -0.4 is 5.32 Å². The first kappa shape index (κ1) is 18.6. The van der Waals surface area contributed by atoms with Crippen LogP contribution in [-0.2, 0) is 16.4 Å². The fraction of sp³-hybridized carbons (Fsp3) is 0.625. The van der Waals surface area contributed by atoms with Gasteiger partial charge < -0.3 is 9.84 Å². The number of halogens is 1. The molecule has 0 amide bonds. The topological polar surface area (TPSA) is 88.3 Å². The van der Waals surface area contributed by atoms with Crippen LogP contribution in [0.4, 0.5) is 0 Å². The third-order valence-electron chi connectivity index (χ3n) is 5.35. The van der Waals surface area contributed by atoms with Gasteiger partial charge in [-0.25, -0.2) is 13.4 Å². The Labute approximate surface area is 153 Å². The number of nitrogens with one attached hydrogen (secondary N) is 1. The molecule has 2 saturated heterocycles. The molecule has 2 aliphatic rings. The van der Waals surface area contributed by atoms with Gasteiger partial charge in [-0.15, -0.1) is 12.4 Å². The van der Waals surface area contributed by atoms with Gasteiger partial charge in [-0.05, 0) is 38.2 Å². The molecular weight excluding hydrogens is 364 g/mol. The molecule has 7 nitrogen and oxygen atoms in total. The van der Waals surface area contributed by atoms with Crippen molar-refractivity contribution in [3.63, 3.8) is 0 Å². The molecule has 25 heavy (non-hydrogen) atoms. The van der Waals surface area contributed by atoms with Crippen molar-refractivity contribution in [3.05, 3.63) is 18.0 Å². The number of aryl methyl sites for hydroxylation is 1. The van der Waals surface area contributed by atoms with Crippen LogP contribution in [0.2, 0.25) is 0 Å². The van der Waals surface area contributed by atoms with E-state index >= 15 is 0 Å². The number of nitrogens with zero attached hydrogens (tertiary/aromatic N) is 3. The minimum atomic E-state index is -3.58. The Morgan fingerprint density at radius 3 is 2.64 bits per heavy atom. The first-order valence-electron chi connectivity index (χ1n) is 8.47. The Kier molecular flexibility index (Phi) is 5.07. The maximum absolute atomic E-state index is 13.0. The maximum atomic E-state index is 13.0. The van der Waals surface area contributed by atoms with Crippen LogP contribution in [0, 0.1) is 0 Å². The minimum Gasteiger partial charge on any atom is -0.336 e. The van der Waals surface area contributed by atoms with Gasteiger partial charge >= 0.3 is 0 Å². The lowest BCUT2D eigenvalue weighted by atomic mass is 10.0. The molecule has 9 heteroatoms. The molecule has 1 N–H and O–H groups in total. The Balaban J connectivity index is 0.00000182. The zero-order chi connectivity index (χ0) is 16.9. The summed E-state index contributed by atoms with van der Waals surface area (Å²) in [7, 11) is -1.89. The summed E-state index contributed by atoms with van der Waals surface area (Å²) in [6, 6.07) is 2.56. The van der Waals surface area contributed by atoms with Crippen molar-refractivity contribution in [1.82, 2.24) is 19.8 Å². The van der Waals surface area contributed by atoms with Gasteiger partial charge in [0.1, 0.15) is 4.90 Å². The Morgan fingerprint density at radius 1 is 1.32 bits per heavy atom. The Bertz CT molecular complexity index is 857. The van der Waals surface area contributed by atoms with E-state index in [1.165, 1.54) is 10.5 Å². The van der Waals surface area contributed by atoms with E-state index in [4.69, 9.17) is 4.52 Å². The lowest BCUT2D eigenvalue weighted by molar-refractivity contribution is 0.251. The summed E-state index contributed by atoms with van der Waals surface area (Å²) >= 11 is 0. The molecule has 0 aliphatic carbocycles. The van der Waals surface area contributed by atoms with Crippen LogP contribution in [0.25, 0.3) is 11.1 Å². The number of sulfonamides is 1. The van der Waals surface area contributed by atoms with E-state index in [1.807, 2.05) is 6.92 Å². The van der Waals surface area contributed by atoms with Crippen molar-refractivity contribution in [2.75, 3.05) is 7.05 Å². The summed E-state index contributed by atoms with van der Waals surface area (Å²) in [5.74, 6) is 0. The fourth-order valence-corrected chi connectivity index (χ4v) is 5.29. The van der Waals surface area contributed by atoms with E-state index in [0.717, 1.165) is 31.4 Å². The lowest BCUT2D eigenvalue weighted by Gasteiger charge is -2.34. The second-order valence-corrected chi connectivity index (χ2v) is 8.79. The zero-order valence-corrected chi connectivity index (χ0v) is 15.9. The molecule has 2 bridgehead atoms. The molecule has 2 fully saturated rings. The van der Waals surface area contributed by atoms with E-state index in [-0.39, 0.29) is 23.3 Å². The quantitative estimate of drug-likeness (QED) is 0.865. The number of hydrogen-bond donors (Lipinski definition) is 1. The highest BCUT2D eigenvalue weighted by atomic mass is 35.5. The monoisotopic (exact) mass is 386 g/mol. The second-order valence-electron chi connectivity index (χ2n) is 6.79. The van der Waals surface area contributed by atoms with Gasteiger partial charge in [-0.3, -0.25) is 0 Å². The number of hydrogen-bond acceptors (Lipinski definition) is 6. The van der Waals surface area contributed by atoms with Crippen LogP contribution in [0.15, 0.2) is 21.7 Å². The van der Waals surface area contributed by atoms with E-state index < -0.39 is 10.0 Å². The lowest BCUT2D eigenvalue weighted by Crippen LogP contribution is -2.48. The van der Waals surface area contributed by atoms with Crippen LogP contribution in [0.1, 0.15) is 38.3 Å². The third-order valence-corrected chi connectivity index (χ3v) is 7.23. The van der Waals surface area contributed by atoms with Crippen molar-refractivity contribution in [2.24, 2.45) is 0 Å². The molecule has 138 valence electrons. The highest BCUT2D eigenvalue weighted by Crippen LogP contribution is 2.32. The fourth-order valence-electron chi connectivity index (χ4n) is 3.94. The van der Waals surface area contributed by atoms with Gasteiger partial charge in [-0.1, -0.05) is 12.1 Å². The summed E-state index contributed by atoms with van der Waals surface area (Å²) < 4.78 is 32.8. The largest absolute Gasteiger partial charge is 0.336 e. The summed E-state index contributed by atoms with van der Waals surface area (Å²) in [6.45, 7) is 1.95. The van der Waals surface area contributed by atoms with Crippen molar-refractivity contribution < 1.29 is 12.9 Å². The molecule has 2 aromatic rings. The van der Waals surface area contributed by atoms with Gasteiger partial charge in [0.25, 0.3) is 5.71 Å². The summed E-state index contributed by atoms with van der Waals surface area (Å²) in [4.78, 5) is 4.35. The standard InChI is InChI=1S/C16H22N4O3S.ClH/c1-3-15-14-8-13(9-17-16(14)23-19-15)24(21,22)20(2)12-6-10-4-5-11(7-12)18-10;/h8-12,18H,3-7H2,1-2H3;1H. The van der Waals surface area contributed by atoms with Gasteiger partial charge in [0.05, 0.1) is 17.3 Å². The van der Waals surface area contributed by atoms with Crippen molar-refractivity contribution in [3.8, 4) is 0 Å². The maximum Gasteiger partial charge on any atom is 0.258 e. The van der Waals surface area contributed by atoms with Gasteiger partial charge in [0, 0.05) is 25.2 Å². The molecule has 2 atom stereocenters. The van der Waals surface area contributed by atoms with Gasteiger partial charge in [0.2, 0.25) is 10.0 Å². The molecule has 4 rings (SSSR count). The summed E-state index contributed by atoms with van der Waals surface area (Å²) in [6.07, 6.45) is 6.07. The van der Waals surface area contributed by atoms with Crippen LogP contribution in [0.3, 0.4) is 0 Å². The Hall–Kier alpha value is -1.22. The molecule has 2 unspecified atom stereocenters. The van der Waals surface area contributed by atoms with Gasteiger partial charge in [0.15, 0.2) is 0 Å². The Morgan fingerprint density at radius 2 is 2.00 bits per heavy atom. The number of piperidine rings is 1. The predicted octanol–water partition coefficient (Wildman–Crippen LogP) is 2.11. The van der Waals surface area contributed by atoms with Crippen LogP contribution >= 0.6 is 12.4 Å². The van der Waals surface area contributed by atoms with E-state index in [1.54, 1.807) is 13.1 Å². The molecule has 0 radical (unpaired) electrons. The van der Waals surface area contributed by atoms with Crippen molar-refractivity contribution in [1.29, 1.82) is 0 Å². The average molecular weight is 387 g/mol. The average Bonchev–Trinajstić information content (AvgIpc) is 3.15. The van der Waals surface area contributed by atoms with E-state index in [2.05, 4.69) is 15.5 Å². The smallest absolute Gasteiger partial charge is 0.258 e. The number of fused-ring (bicyclic) bond motifs is 3. The van der Waals surface area contributed by atoms with Crippen molar-refractivity contribution >= 4 is 33.5 Å². The SMILES string of the molecule is CCc1noc2ncc(S(=O)(=O)N(C)C3CC4CCC(C3)N4)cc12.Cl.